The average Bonchev–Trinajstić information content (AvgIpc) is 2.61. The second-order valence-corrected chi connectivity index (χ2v) is 5.87. The SMILES string of the molecule is Bn1c(/C=C\C(C)(C)C)c(C=C)c(=C/C=C)/c1=C\C=C. The minimum absolute atomic E-state index is 0.146. The summed E-state index contributed by atoms with van der Waals surface area (Å²) in [6, 6.07) is 0. The molecule has 0 N–H and O–H groups in total. The summed E-state index contributed by atoms with van der Waals surface area (Å²) in [6.07, 6.45) is 13.9. The third-order valence-electron chi connectivity index (χ3n) is 3.07. The topological polar surface area (TPSA) is 4.93 Å². The van der Waals surface area contributed by atoms with Gasteiger partial charge < -0.3 is 4.48 Å². The molecular weight excluding hydrogens is 241 g/mol. The number of rotatable bonds is 4. The van der Waals surface area contributed by atoms with Gasteiger partial charge in [0.05, 0.1) is 0 Å². The fraction of sp³-hybridized carbons (Fsp3) is 0.222. The summed E-state index contributed by atoms with van der Waals surface area (Å²) in [6.45, 7) is 18.1. The summed E-state index contributed by atoms with van der Waals surface area (Å²) < 4.78 is 2.16. The third-order valence-corrected chi connectivity index (χ3v) is 3.07. The number of hydrogen-bond acceptors (Lipinski definition) is 0. The molecule has 1 nitrogen and oxygen atoms in total. The van der Waals surface area contributed by atoms with E-state index in [4.69, 9.17) is 0 Å². The maximum Gasteiger partial charge on any atom is 0.223 e. The smallest absolute Gasteiger partial charge is 0.223 e. The van der Waals surface area contributed by atoms with Crippen molar-refractivity contribution in [2.24, 2.45) is 5.41 Å². The highest BCUT2D eigenvalue weighted by molar-refractivity contribution is 6.08. The van der Waals surface area contributed by atoms with Crippen LogP contribution in [0.3, 0.4) is 0 Å². The highest BCUT2D eigenvalue weighted by atomic mass is 14.9. The van der Waals surface area contributed by atoms with Crippen molar-refractivity contribution >= 4 is 32.3 Å². The summed E-state index contributed by atoms with van der Waals surface area (Å²) in [5.41, 5.74) is 2.42. The predicted octanol–water partition coefficient (Wildman–Crippen LogP) is 2.52. The quantitative estimate of drug-likeness (QED) is 0.737. The van der Waals surface area contributed by atoms with Crippen LogP contribution in [0.4, 0.5) is 0 Å². The monoisotopic (exact) mass is 265 g/mol. The Hall–Kier alpha value is -1.96. The van der Waals surface area contributed by atoms with Gasteiger partial charge in [0.1, 0.15) is 0 Å². The van der Waals surface area contributed by atoms with Crippen molar-refractivity contribution in [2.75, 3.05) is 0 Å². The van der Waals surface area contributed by atoms with E-state index in [1.54, 1.807) is 12.2 Å². The highest BCUT2D eigenvalue weighted by Crippen LogP contribution is 2.17. The molecule has 0 atom stereocenters. The maximum atomic E-state index is 3.95. The summed E-state index contributed by atoms with van der Waals surface area (Å²) in [7, 11) is 2.06. The second kappa shape index (κ2) is 6.47. The van der Waals surface area contributed by atoms with Gasteiger partial charge in [-0.05, 0) is 17.6 Å². The maximum absolute atomic E-state index is 3.95. The van der Waals surface area contributed by atoms with E-state index in [9.17, 15) is 0 Å². The standard InChI is InChI=1S/C18H24BN/c1-7-10-15-14(9-3)17(12-13-18(4,5)6)20(19)16(15)11-8-2/h7-13H,1-3,19H2,4-6H3/b13-12-,15-10-,16-11+. The molecule has 104 valence electrons. The Morgan fingerprint density at radius 1 is 1.05 bits per heavy atom. The molecule has 0 spiro atoms. The zero-order chi connectivity index (χ0) is 15.3. The molecule has 0 bridgehead atoms. The van der Waals surface area contributed by atoms with Gasteiger partial charge in [0.2, 0.25) is 7.98 Å². The molecular formula is C18H24BN. The van der Waals surface area contributed by atoms with Crippen LogP contribution >= 0.6 is 0 Å². The van der Waals surface area contributed by atoms with E-state index in [1.165, 1.54) is 0 Å². The molecule has 1 aromatic rings. The lowest BCUT2D eigenvalue weighted by Crippen LogP contribution is -2.29. The Morgan fingerprint density at radius 3 is 2.10 bits per heavy atom. The van der Waals surface area contributed by atoms with Gasteiger partial charge in [-0.1, -0.05) is 70.9 Å². The van der Waals surface area contributed by atoms with Gasteiger partial charge in [-0.25, -0.2) is 0 Å². The van der Waals surface area contributed by atoms with Gasteiger partial charge in [-0.3, -0.25) is 0 Å². The van der Waals surface area contributed by atoms with Crippen molar-refractivity contribution in [3.05, 3.63) is 59.8 Å². The Morgan fingerprint density at radius 2 is 1.65 bits per heavy atom. The molecule has 0 aliphatic rings. The number of aromatic nitrogens is 1. The summed E-state index contributed by atoms with van der Waals surface area (Å²) in [5.74, 6) is 0. The van der Waals surface area contributed by atoms with Crippen molar-refractivity contribution in [3.8, 4) is 0 Å². The third kappa shape index (κ3) is 3.54. The minimum Gasteiger partial charge on any atom is -0.393 e. The first-order valence-corrected chi connectivity index (χ1v) is 6.81. The van der Waals surface area contributed by atoms with Crippen LogP contribution in [0.1, 0.15) is 32.0 Å². The van der Waals surface area contributed by atoms with Crippen LogP contribution < -0.4 is 10.6 Å². The molecule has 1 aromatic heterocycles. The first-order valence-electron chi connectivity index (χ1n) is 6.81. The Balaban J connectivity index is 3.75. The van der Waals surface area contributed by atoms with E-state index in [-0.39, 0.29) is 5.41 Å². The molecule has 0 saturated carbocycles. The van der Waals surface area contributed by atoms with Crippen molar-refractivity contribution in [2.45, 2.75) is 20.8 Å². The first-order chi connectivity index (χ1) is 9.35. The zero-order valence-corrected chi connectivity index (χ0v) is 13.1. The fourth-order valence-corrected chi connectivity index (χ4v) is 2.12. The lowest BCUT2D eigenvalue weighted by atomic mass is 9.95. The van der Waals surface area contributed by atoms with Crippen molar-refractivity contribution < 1.29 is 0 Å². The van der Waals surface area contributed by atoms with Crippen LogP contribution in [-0.4, -0.2) is 12.5 Å². The van der Waals surface area contributed by atoms with Crippen molar-refractivity contribution in [1.29, 1.82) is 0 Å². The van der Waals surface area contributed by atoms with Gasteiger partial charge in [-0.15, -0.1) is 0 Å². The molecule has 0 saturated heterocycles. The first kappa shape index (κ1) is 16.1. The molecule has 0 aromatic carbocycles. The van der Waals surface area contributed by atoms with Crippen LogP contribution in [0.15, 0.2) is 38.0 Å². The second-order valence-electron chi connectivity index (χ2n) is 5.87. The fourth-order valence-electron chi connectivity index (χ4n) is 2.12. The Bertz CT molecular complexity index is 664. The van der Waals surface area contributed by atoms with Crippen LogP contribution in [-0.2, 0) is 0 Å². The normalized spacial score (nSPS) is 13.9. The minimum atomic E-state index is 0.146. The molecule has 0 aliphatic heterocycles. The molecule has 1 rings (SSSR count). The number of hydrogen-bond donors (Lipinski definition) is 0. The van der Waals surface area contributed by atoms with E-state index in [0.29, 0.717) is 0 Å². The number of nitrogens with zero attached hydrogens (tertiary/aromatic N) is 1. The van der Waals surface area contributed by atoms with Crippen LogP contribution in [0.25, 0.3) is 24.3 Å². The van der Waals surface area contributed by atoms with Crippen molar-refractivity contribution in [3.63, 3.8) is 0 Å². The van der Waals surface area contributed by atoms with Gasteiger partial charge in [-0.2, -0.15) is 0 Å². The van der Waals surface area contributed by atoms with Gasteiger partial charge in [0.15, 0.2) is 0 Å². The Labute approximate surface area is 123 Å². The zero-order valence-electron chi connectivity index (χ0n) is 13.1. The molecule has 0 radical (unpaired) electrons. The van der Waals surface area contributed by atoms with Gasteiger partial charge in [0, 0.05) is 21.8 Å². The van der Waals surface area contributed by atoms with Crippen LogP contribution in [0.5, 0.6) is 0 Å². The molecule has 1 heterocycles. The van der Waals surface area contributed by atoms with Gasteiger partial charge in [0.25, 0.3) is 0 Å². The van der Waals surface area contributed by atoms with E-state index in [1.807, 2.05) is 18.2 Å². The summed E-state index contributed by atoms with van der Waals surface area (Å²) in [5, 5.41) is 2.24. The lowest BCUT2D eigenvalue weighted by molar-refractivity contribution is 0.547. The molecule has 0 fully saturated rings. The van der Waals surface area contributed by atoms with E-state index >= 15 is 0 Å². The van der Waals surface area contributed by atoms with E-state index in [2.05, 4.69) is 65.1 Å². The molecule has 2 heteroatoms. The molecule has 20 heavy (non-hydrogen) atoms. The van der Waals surface area contributed by atoms with E-state index < -0.39 is 0 Å². The predicted molar refractivity (Wildman–Crippen MR) is 95.5 cm³/mol. The lowest BCUT2D eigenvalue weighted by Gasteiger charge is -2.11. The molecule has 0 unspecified atom stereocenters. The number of allylic oxidation sites excluding steroid dienone is 3. The molecule has 0 amide bonds. The van der Waals surface area contributed by atoms with Crippen molar-refractivity contribution in [1.82, 2.24) is 4.48 Å². The average molecular weight is 265 g/mol. The summed E-state index contributed by atoms with van der Waals surface area (Å²) in [4.78, 5) is 0. The van der Waals surface area contributed by atoms with Crippen LogP contribution in [0, 0.1) is 5.41 Å². The van der Waals surface area contributed by atoms with E-state index in [0.717, 1.165) is 21.8 Å². The van der Waals surface area contributed by atoms with Crippen LogP contribution in [0.2, 0.25) is 0 Å². The Kier molecular flexibility index (Phi) is 5.21. The summed E-state index contributed by atoms with van der Waals surface area (Å²) >= 11 is 0. The largest absolute Gasteiger partial charge is 0.393 e. The highest BCUT2D eigenvalue weighted by Gasteiger charge is 2.09. The molecule has 0 aliphatic carbocycles. The van der Waals surface area contributed by atoms with Gasteiger partial charge >= 0.3 is 0 Å².